The predicted molar refractivity (Wildman–Crippen MR) is 54.2 cm³/mol. The van der Waals surface area contributed by atoms with Gasteiger partial charge in [-0.15, -0.1) is 5.10 Å². The molecule has 1 aliphatic heterocycles. The predicted octanol–water partition coefficient (Wildman–Crippen LogP) is 0.365. The summed E-state index contributed by atoms with van der Waals surface area (Å²) in [5.74, 6) is 0.964. The molecule has 0 amide bonds. The number of hydrogen-bond acceptors (Lipinski definition) is 6. The van der Waals surface area contributed by atoms with Crippen LogP contribution in [0.2, 0.25) is 0 Å². The van der Waals surface area contributed by atoms with Crippen molar-refractivity contribution < 1.29 is 9.15 Å². The molecule has 84 valence electrons. The maximum Gasteiger partial charge on any atom is 0.315 e. The first-order chi connectivity index (χ1) is 7.29. The highest BCUT2D eigenvalue weighted by Crippen LogP contribution is 2.19. The van der Waals surface area contributed by atoms with Crippen LogP contribution in [0.1, 0.15) is 19.2 Å². The van der Waals surface area contributed by atoms with Crippen LogP contribution in [0.5, 0.6) is 0 Å². The zero-order valence-electron chi connectivity index (χ0n) is 8.77. The van der Waals surface area contributed by atoms with Crippen LogP contribution in [-0.2, 0) is 11.3 Å². The Hall–Kier alpha value is -1.14. The smallest absolute Gasteiger partial charge is 0.315 e. The van der Waals surface area contributed by atoms with Crippen LogP contribution in [-0.4, -0.2) is 29.5 Å². The van der Waals surface area contributed by atoms with Gasteiger partial charge in [0.05, 0.1) is 13.2 Å². The fourth-order valence-electron chi connectivity index (χ4n) is 1.65. The van der Waals surface area contributed by atoms with Gasteiger partial charge in [-0.2, -0.15) is 0 Å². The molecule has 1 aromatic heterocycles. The van der Waals surface area contributed by atoms with Gasteiger partial charge >= 0.3 is 6.01 Å². The average Bonchev–Trinajstić information content (AvgIpc) is 2.87. The molecule has 0 saturated carbocycles. The highest BCUT2D eigenvalue weighted by Gasteiger charge is 2.23. The molecule has 2 heterocycles. The number of anilines is 1. The van der Waals surface area contributed by atoms with Crippen LogP contribution in [0.3, 0.4) is 0 Å². The molecule has 0 aromatic carbocycles. The molecular weight excluding hydrogens is 196 g/mol. The minimum absolute atomic E-state index is 0.273. The summed E-state index contributed by atoms with van der Waals surface area (Å²) in [6, 6.07) is 0.716. The molecule has 1 saturated heterocycles. The van der Waals surface area contributed by atoms with E-state index in [2.05, 4.69) is 22.4 Å². The van der Waals surface area contributed by atoms with Crippen molar-refractivity contribution in [1.82, 2.24) is 10.2 Å². The number of ether oxygens (including phenoxy) is 1. The van der Waals surface area contributed by atoms with Gasteiger partial charge in [0.1, 0.15) is 0 Å². The van der Waals surface area contributed by atoms with Gasteiger partial charge < -0.3 is 20.2 Å². The summed E-state index contributed by atoms with van der Waals surface area (Å²) in [6.45, 7) is 4.00. The molecule has 2 unspecified atom stereocenters. The molecule has 0 radical (unpaired) electrons. The van der Waals surface area contributed by atoms with Gasteiger partial charge in [-0.1, -0.05) is 5.10 Å². The van der Waals surface area contributed by atoms with Gasteiger partial charge in [-0.3, -0.25) is 0 Å². The first-order valence-corrected chi connectivity index (χ1v) is 5.16. The number of rotatable bonds is 4. The first-order valence-electron chi connectivity index (χ1n) is 5.16. The number of nitrogens with zero attached hydrogens (tertiary/aromatic N) is 2. The van der Waals surface area contributed by atoms with E-state index in [0.717, 1.165) is 19.6 Å². The first kappa shape index (κ1) is 10.4. The normalized spacial score (nSPS) is 22.9. The fraction of sp³-hybridized carbons (Fsp3) is 0.778. The second kappa shape index (κ2) is 4.59. The second-order valence-corrected chi connectivity index (χ2v) is 3.76. The second-order valence-electron chi connectivity index (χ2n) is 3.76. The van der Waals surface area contributed by atoms with Crippen LogP contribution in [0.25, 0.3) is 0 Å². The molecule has 0 spiro atoms. The Labute approximate surface area is 88.2 Å². The minimum Gasteiger partial charge on any atom is -0.407 e. The van der Waals surface area contributed by atoms with Crippen LogP contribution < -0.4 is 11.1 Å². The van der Waals surface area contributed by atoms with Gasteiger partial charge in [-0.25, -0.2) is 0 Å². The Bertz CT molecular complexity index is 309. The van der Waals surface area contributed by atoms with E-state index in [1.54, 1.807) is 0 Å². The molecular formula is C9H16N4O2. The van der Waals surface area contributed by atoms with Crippen molar-refractivity contribution in [2.75, 3.05) is 18.5 Å². The Morgan fingerprint density at radius 1 is 1.60 bits per heavy atom. The van der Waals surface area contributed by atoms with E-state index in [1.807, 2.05) is 0 Å². The topological polar surface area (TPSA) is 86.2 Å². The van der Waals surface area contributed by atoms with Crippen molar-refractivity contribution >= 4 is 6.01 Å². The number of nitrogens with two attached hydrogens (primary N) is 1. The van der Waals surface area contributed by atoms with E-state index >= 15 is 0 Å². The van der Waals surface area contributed by atoms with Crippen molar-refractivity contribution in [1.29, 1.82) is 0 Å². The van der Waals surface area contributed by atoms with Gasteiger partial charge in [0.25, 0.3) is 0 Å². The SMILES string of the molecule is CC(Nc1nnc(CN)o1)C1CCOC1. The molecule has 6 nitrogen and oxygen atoms in total. The largest absolute Gasteiger partial charge is 0.407 e. The summed E-state index contributed by atoms with van der Waals surface area (Å²) in [4.78, 5) is 0. The van der Waals surface area contributed by atoms with E-state index in [1.165, 1.54) is 0 Å². The third kappa shape index (κ3) is 2.45. The quantitative estimate of drug-likeness (QED) is 0.749. The molecule has 0 bridgehead atoms. The van der Waals surface area contributed by atoms with Crippen LogP contribution >= 0.6 is 0 Å². The highest BCUT2D eigenvalue weighted by atomic mass is 16.5. The van der Waals surface area contributed by atoms with E-state index < -0.39 is 0 Å². The van der Waals surface area contributed by atoms with E-state index in [0.29, 0.717) is 17.8 Å². The lowest BCUT2D eigenvalue weighted by molar-refractivity contribution is 0.183. The lowest BCUT2D eigenvalue weighted by atomic mass is 10.0. The molecule has 0 aliphatic carbocycles. The Morgan fingerprint density at radius 3 is 3.07 bits per heavy atom. The number of aromatic nitrogens is 2. The van der Waals surface area contributed by atoms with Crippen LogP contribution in [0, 0.1) is 5.92 Å². The standard InChI is InChI=1S/C9H16N4O2/c1-6(7-2-3-14-5-7)11-9-13-12-8(4-10)15-9/h6-7H,2-5,10H2,1H3,(H,11,13). The van der Waals surface area contributed by atoms with Gasteiger partial charge in [0.2, 0.25) is 5.89 Å². The summed E-state index contributed by atoms with van der Waals surface area (Å²) >= 11 is 0. The van der Waals surface area contributed by atoms with Crippen molar-refractivity contribution in [3.8, 4) is 0 Å². The van der Waals surface area contributed by atoms with E-state index in [-0.39, 0.29) is 12.6 Å². The minimum atomic E-state index is 0.273. The molecule has 2 rings (SSSR count). The summed E-state index contributed by atoms with van der Waals surface area (Å²) in [7, 11) is 0. The Balaban J connectivity index is 1.89. The van der Waals surface area contributed by atoms with Crippen molar-refractivity contribution in [2.45, 2.75) is 25.9 Å². The average molecular weight is 212 g/mol. The summed E-state index contributed by atoms with van der Waals surface area (Å²) in [6.07, 6.45) is 1.08. The Kier molecular flexibility index (Phi) is 3.17. The molecule has 3 N–H and O–H groups in total. The summed E-state index contributed by atoms with van der Waals surface area (Å²) in [5.41, 5.74) is 5.37. The molecule has 1 fully saturated rings. The van der Waals surface area contributed by atoms with E-state index in [9.17, 15) is 0 Å². The third-order valence-electron chi connectivity index (χ3n) is 2.66. The Morgan fingerprint density at radius 2 is 2.47 bits per heavy atom. The molecule has 2 atom stereocenters. The van der Waals surface area contributed by atoms with Gasteiger partial charge in [-0.05, 0) is 13.3 Å². The molecule has 1 aromatic rings. The van der Waals surface area contributed by atoms with Crippen molar-refractivity contribution in [3.63, 3.8) is 0 Å². The zero-order chi connectivity index (χ0) is 10.7. The summed E-state index contributed by atoms with van der Waals surface area (Å²) < 4.78 is 10.6. The van der Waals surface area contributed by atoms with E-state index in [4.69, 9.17) is 14.9 Å². The number of hydrogen-bond donors (Lipinski definition) is 2. The monoisotopic (exact) mass is 212 g/mol. The fourth-order valence-corrected chi connectivity index (χ4v) is 1.65. The summed E-state index contributed by atoms with van der Waals surface area (Å²) in [5, 5.41) is 10.8. The van der Waals surface area contributed by atoms with Crippen LogP contribution in [0.15, 0.2) is 4.42 Å². The zero-order valence-corrected chi connectivity index (χ0v) is 8.77. The maximum atomic E-state index is 5.37. The van der Waals surface area contributed by atoms with Crippen LogP contribution in [0.4, 0.5) is 6.01 Å². The van der Waals surface area contributed by atoms with Crippen molar-refractivity contribution in [3.05, 3.63) is 5.89 Å². The molecule has 1 aliphatic rings. The molecule has 15 heavy (non-hydrogen) atoms. The lowest BCUT2D eigenvalue weighted by Gasteiger charge is -2.17. The lowest BCUT2D eigenvalue weighted by Crippen LogP contribution is -2.26. The van der Waals surface area contributed by atoms with Gasteiger partial charge in [0, 0.05) is 18.6 Å². The maximum absolute atomic E-state index is 5.37. The third-order valence-corrected chi connectivity index (χ3v) is 2.66. The van der Waals surface area contributed by atoms with Gasteiger partial charge in [0.15, 0.2) is 0 Å². The molecule has 6 heteroatoms. The number of nitrogens with one attached hydrogen (secondary N) is 1. The highest BCUT2D eigenvalue weighted by molar-refractivity contribution is 5.19. The van der Waals surface area contributed by atoms with Crippen molar-refractivity contribution in [2.24, 2.45) is 11.7 Å².